The summed E-state index contributed by atoms with van der Waals surface area (Å²) in [5, 5.41) is 0. The minimum absolute atomic E-state index is 0.0373. The second-order valence-electron chi connectivity index (χ2n) is 10.3. The number of aromatic nitrogens is 2. The lowest BCUT2D eigenvalue weighted by atomic mass is 9.87. The molecule has 1 aliphatic heterocycles. The number of para-hydroxylation sites is 2. The lowest BCUT2D eigenvalue weighted by Crippen LogP contribution is -2.24. The number of hydrogen-bond acceptors (Lipinski definition) is 3. The topological polar surface area (TPSA) is 47.4 Å². The van der Waals surface area contributed by atoms with Crippen LogP contribution in [0.1, 0.15) is 57.0 Å². The van der Waals surface area contributed by atoms with Gasteiger partial charge in [0, 0.05) is 31.1 Å². The average Bonchev–Trinajstić information content (AvgIpc) is 3.40. The van der Waals surface area contributed by atoms with Crippen LogP contribution < -0.4 is 9.64 Å². The van der Waals surface area contributed by atoms with E-state index in [4.69, 9.17) is 9.72 Å². The minimum Gasteiger partial charge on any atom is -0.494 e. The zero-order chi connectivity index (χ0) is 24.6. The van der Waals surface area contributed by atoms with E-state index in [1.165, 1.54) is 11.1 Å². The van der Waals surface area contributed by atoms with Crippen LogP contribution in [0.25, 0.3) is 11.0 Å². The highest BCUT2D eigenvalue weighted by Gasteiger charge is 2.35. The summed E-state index contributed by atoms with van der Waals surface area (Å²) in [5.41, 5.74) is 5.66. The zero-order valence-corrected chi connectivity index (χ0v) is 21.0. The molecule has 5 rings (SSSR count). The van der Waals surface area contributed by atoms with Gasteiger partial charge in [0.05, 0.1) is 17.6 Å². The molecule has 0 saturated carbocycles. The first-order valence-electron chi connectivity index (χ1n) is 12.4. The number of carbonyl (C=O) groups is 1. The Kier molecular flexibility index (Phi) is 6.10. The molecule has 0 spiro atoms. The van der Waals surface area contributed by atoms with Gasteiger partial charge in [0.2, 0.25) is 5.91 Å². The molecule has 2 heterocycles. The molecular weight excluding hydrogens is 434 g/mol. The first-order valence-corrected chi connectivity index (χ1v) is 12.4. The maximum Gasteiger partial charge on any atom is 0.227 e. The quantitative estimate of drug-likeness (QED) is 0.334. The molecule has 1 aromatic heterocycles. The monoisotopic (exact) mass is 467 g/mol. The third-order valence-corrected chi connectivity index (χ3v) is 6.79. The van der Waals surface area contributed by atoms with Crippen molar-refractivity contribution in [2.45, 2.75) is 52.0 Å². The fraction of sp³-hybridized carbons (Fsp3) is 0.333. The summed E-state index contributed by atoms with van der Waals surface area (Å²) in [6.45, 7) is 10.6. The van der Waals surface area contributed by atoms with Crippen molar-refractivity contribution in [1.82, 2.24) is 9.55 Å². The molecule has 1 atom stereocenters. The summed E-state index contributed by atoms with van der Waals surface area (Å²) in [6, 6.07) is 24.9. The largest absolute Gasteiger partial charge is 0.494 e. The Balaban J connectivity index is 1.44. The van der Waals surface area contributed by atoms with Crippen LogP contribution in [-0.4, -0.2) is 28.6 Å². The Morgan fingerprint density at radius 1 is 0.971 bits per heavy atom. The Morgan fingerprint density at radius 2 is 1.69 bits per heavy atom. The normalized spacial score (nSPS) is 16.3. The predicted octanol–water partition coefficient (Wildman–Crippen LogP) is 6.30. The minimum atomic E-state index is 0.0373. The maximum atomic E-state index is 13.0. The number of imidazole rings is 1. The average molecular weight is 468 g/mol. The van der Waals surface area contributed by atoms with Crippen LogP contribution in [-0.2, 0) is 16.8 Å². The molecule has 180 valence electrons. The van der Waals surface area contributed by atoms with Crippen LogP contribution in [0.5, 0.6) is 5.75 Å². The van der Waals surface area contributed by atoms with E-state index in [1.807, 2.05) is 42.2 Å². The third-order valence-electron chi connectivity index (χ3n) is 6.79. The van der Waals surface area contributed by atoms with Crippen LogP contribution in [0.2, 0.25) is 0 Å². The van der Waals surface area contributed by atoms with Crippen molar-refractivity contribution in [2.75, 3.05) is 18.1 Å². The Hall–Kier alpha value is -3.60. The summed E-state index contributed by atoms with van der Waals surface area (Å²) >= 11 is 0. The van der Waals surface area contributed by atoms with Gasteiger partial charge in [0.25, 0.3) is 0 Å². The number of fused-ring (bicyclic) bond motifs is 1. The van der Waals surface area contributed by atoms with Crippen LogP contribution in [0.4, 0.5) is 5.69 Å². The Labute approximate surface area is 207 Å². The van der Waals surface area contributed by atoms with E-state index in [2.05, 4.69) is 67.8 Å². The SMILES string of the molecule is CCOc1ccc(N2CC(c3nc4ccccc4n3Cc3ccc(C(C)(C)C)cc3)CC2=O)cc1. The fourth-order valence-corrected chi connectivity index (χ4v) is 4.88. The molecule has 5 nitrogen and oxygen atoms in total. The lowest BCUT2D eigenvalue weighted by molar-refractivity contribution is -0.117. The molecule has 5 heteroatoms. The predicted molar refractivity (Wildman–Crippen MR) is 141 cm³/mol. The van der Waals surface area contributed by atoms with Gasteiger partial charge in [-0.2, -0.15) is 0 Å². The van der Waals surface area contributed by atoms with Crippen LogP contribution in [0, 0.1) is 0 Å². The van der Waals surface area contributed by atoms with Crippen molar-refractivity contribution >= 4 is 22.6 Å². The first-order chi connectivity index (χ1) is 16.8. The number of benzene rings is 3. The van der Waals surface area contributed by atoms with E-state index in [1.54, 1.807) is 0 Å². The second kappa shape index (κ2) is 9.21. The Morgan fingerprint density at radius 3 is 2.37 bits per heavy atom. The highest BCUT2D eigenvalue weighted by atomic mass is 16.5. The van der Waals surface area contributed by atoms with Gasteiger partial charge in [0.15, 0.2) is 0 Å². The van der Waals surface area contributed by atoms with Crippen LogP contribution in [0.15, 0.2) is 72.8 Å². The molecule has 1 saturated heterocycles. The molecule has 0 radical (unpaired) electrons. The fourth-order valence-electron chi connectivity index (χ4n) is 4.88. The van der Waals surface area contributed by atoms with E-state index in [9.17, 15) is 4.79 Å². The summed E-state index contributed by atoms with van der Waals surface area (Å²) in [4.78, 5) is 19.9. The number of rotatable bonds is 6. The van der Waals surface area contributed by atoms with E-state index in [0.717, 1.165) is 34.8 Å². The number of amides is 1. The molecular formula is C30H33N3O2. The summed E-state index contributed by atoms with van der Waals surface area (Å²) in [5.74, 6) is 1.97. The summed E-state index contributed by atoms with van der Waals surface area (Å²) in [6.07, 6.45) is 0.458. The van der Waals surface area contributed by atoms with Crippen molar-refractivity contribution < 1.29 is 9.53 Å². The molecule has 0 N–H and O–H groups in total. The van der Waals surface area contributed by atoms with Crippen LogP contribution >= 0.6 is 0 Å². The van der Waals surface area contributed by atoms with E-state index in [0.29, 0.717) is 19.6 Å². The second-order valence-corrected chi connectivity index (χ2v) is 10.3. The van der Waals surface area contributed by atoms with Gasteiger partial charge in [-0.3, -0.25) is 4.79 Å². The van der Waals surface area contributed by atoms with Gasteiger partial charge in [0.1, 0.15) is 11.6 Å². The van der Waals surface area contributed by atoms with Gasteiger partial charge in [-0.25, -0.2) is 4.98 Å². The molecule has 1 amide bonds. The van der Waals surface area contributed by atoms with E-state index < -0.39 is 0 Å². The van der Waals surface area contributed by atoms with Crippen LogP contribution in [0.3, 0.4) is 0 Å². The van der Waals surface area contributed by atoms with Crippen molar-refractivity contribution in [1.29, 1.82) is 0 Å². The lowest BCUT2D eigenvalue weighted by Gasteiger charge is -2.20. The highest BCUT2D eigenvalue weighted by molar-refractivity contribution is 5.96. The molecule has 4 aromatic rings. The van der Waals surface area contributed by atoms with Crippen molar-refractivity contribution in [3.63, 3.8) is 0 Å². The molecule has 1 fully saturated rings. The molecule has 1 aliphatic rings. The van der Waals surface area contributed by atoms with Crippen molar-refractivity contribution in [3.05, 3.63) is 89.7 Å². The summed E-state index contributed by atoms with van der Waals surface area (Å²) in [7, 11) is 0. The first kappa shape index (κ1) is 23.2. The van der Waals surface area contributed by atoms with Gasteiger partial charge in [-0.15, -0.1) is 0 Å². The number of carbonyl (C=O) groups excluding carboxylic acids is 1. The molecule has 3 aromatic carbocycles. The van der Waals surface area contributed by atoms with Crippen molar-refractivity contribution in [2.24, 2.45) is 0 Å². The van der Waals surface area contributed by atoms with Crippen molar-refractivity contribution in [3.8, 4) is 5.75 Å². The smallest absolute Gasteiger partial charge is 0.227 e. The van der Waals surface area contributed by atoms with Gasteiger partial charge in [-0.05, 0) is 59.9 Å². The third kappa shape index (κ3) is 4.68. The van der Waals surface area contributed by atoms with Gasteiger partial charge >= 0.3 is 0 Å². The molecule has 0 bridgehead atoms. The van der Waals surface area contributed by atoms with Gasteiger partial charge in [-0.1, -0.05) is 57.2 Å². The Bertz CT molecular complexity index is 1330. The highest BCUT2D eigenvalue weighted by Crippen LogP contribution is 2.34. The van der Waals surface area contributed by atoms with E-state index in [-0.39, 0.29) is 17.2 Å². The summed E-state index contributed by atoms with van der Waals surface area (Å²) < 4.78 is 7.85. The molecule has 0 aliphatic carbocycles. The number of nitrogens with zero attached hydrogens (tertiary/aromatic N) is 3. The number of anilines is 1. The molecule has 1 unspecified atom stereocenters. The number of hydrogen-bond donors (Lipinski definition) is 0. The molecule has 35 heavy (non-hydrogen) atoms. The maximum absolute atomic E-state index is 13.0. The zero-order valence-electron chi connectivity index (χ0n) is 21.0. The number of ether oxygens (including phenoxy) is 1. The van der Waals surface area contributed by atoms with Gasteiger partial charge < -0.3 is 14.2 Å². The standard InChI is InChI=1S/C30H33N3O2/c1-5-35-25-16-14-24(15-17-25)32-20-22(18-28(32)34)29-31-26-8-6-7-9-27(26)33(29)19-21-10-12-23(13-11-21)30(2,3)4/h6-17,22H,5,18-20H2,1-4H3. The van der Waals surface area contributed by atoms with E-state index >= 15 is 0 Å².